The molecule has 0 heterocycles. The van der Waals surface area contributed by atoms with Crippen molar-refractivity contribution in [1.82, 2.24) is 0 Å². The van der Waals surface area contributed by atoms with Gasteiger partial charge < -0.3 is 4.74 Å². The van der Waals surface area contributed by atoms with Crippen LogP contribution in [0.15, 0.2) is 0 Å². The molecule has 0 spiro atoms. The van der Waals surface area contributed by atoms with Crippen LogP contribution in [-0.2, 0) is 4.74 Å². The Morgan fingerprint density at radius 3 is 2.38 bits per heavy atom. The molecular formula is C12H22O. The molecule has 2 saturated carbocycles. The van der Waals surface area contributed by atoms with Crippen LogP contribution in [0.25, 0.3) is 0 Å². The van der Waals surface area contributed by atoms with Crippen molar-refractivity contribution in [3.8, 4) is 0 Å². The van der Waals surface area contributed by atoms with E-state index in [0.717, 1.165) is 12.5 Å². The molecule has 0 N–H and O–H groups in total. The third-order valence-electron chi connectivity index (χ3n) is 4.97. The molecule has 76 valence electrons. The third kappa shape index (κ3) is 1.09. The van der Waals surface area contributed by atoms with Crippen LogP contribution in [-0.4, -0.2) is 12.7 Å². The molecule has 0 aromatic rings. The van der Waals surface area contributed by atoms with Crippen LogP contribution in [0, 0.1) is 16.7 Å². The Balaban J connectivity index is 2.19. The average molecular weight is 182 g/mol. The van der Waals surface area contributed by atoms with Gasteiger partial charge in [-0.15, -0.1) is 0 Å². The summed E-state index contributed by atoms with van der Waals surface area (Å²) in [5.74, 6) is 0.817. The van der Waals surface area contributed by atoms with E-state index in [1.165, 1.54) is 19.3 Å². The van der Waals surface area contributed by atoms with Crippen LogP contribution >= 0.6 is 0 Å². The molecule has 0 aliphatic heterocycles. The highest BCUT2D eigenvalue weighted by atomic mass is 16.5. The summed E-state index contributed by atoms with van der Waals surface area (Å²) in [5.41, 5.74) is 1.06. The van der Waals surface area contributed by atoms with E-state index in [4.69, 9.17) is 4.74 Å². The van der Waals surface area contributed by atoms with Gasteiger partial charge in [-0.25, -0.2) is 0 Å². The van der Waals surface area contributed by atoms with Crippen LogP contribution < -0.4 is 0 Å². The third-order valence-corrected chi connectivity index (χ3v) is 4.97. The first-order valence-corrected chi connectivity index (χ1v) is 5.63. The molecule has 3 atom stereocenters. The number of fused-ring (bicyclic) bond motifs is 2. The molecule has 0 aromatic heterocycles. The van der Waals surface area contributed by atoms with Crippen molar-refractivity contribution in [1.29, 1.82) is 0 Å². The molecule has 2 aliphatic carbocycles. The maximum Gasteiger partial charge on any atom is 0.0613 e. The first-order valence-electron chi connectivity index (χ1n) is 5.63. The number of hydrogen-bond donors (Lipinski definition) is 0. The summed E-state index contributed by atoms with van der Waals surface area (Å²) in [5, 5.41) is 0. The zero-order chi connectivity index (χ0) is 9.69. The van der Waals surface area contributed by atoms with Gasteiger partial charge in [0.15, 0.2) is 0 Å². The summed E-state index contributed by atoms with van der Waals surface area (Å²) in [7, 11) is 0. The van der Waals surface area contributed by atoms with Gasteiger partial charge in [0.25, 0.3) is 0 Å². The van der Waals surface area contributed by atoms with Crippen LogP contribution in [0.3, 0.4) is 0 Å². The molecule has 2 rings (SSSR count). The Labute approximate surface area is 81.9 Å². The fourth-order valence-corrected chi connectivity index (χ4v) is 3.60. The lowest BCUT2D eigenvalue weighted by Gasteiger charge is -2.33. The summed E-state index contributed by atoms with van der Waals surface area (Å²) in [6, 6.07) is 0. The molecule has 2 aliphatic rings. The summed E-state index contributed by atoms with van der Waals surface area (Å²) < 4.78 is 5.84. The normalized spacial score (nSPS) is 47.1. The van der Waals surface area contributed by atoms with E-state index in [1.807, 2.05) is 0 Å². The number of hydrogen-bond acceptors (Lipinski definition) is 1. The van der Waals surface area contributed by atoms with Gasteiger partial charge in [-0.3, -0.25) is 0 Å². The van der Waals surface area contributed by atoms with Gasteiger partial charge in [-0.05, 0) is 42.9 Å². The summed E-state index contributed by atoms with van der Waals surface area (Å²) in [6.07, 6.45) is 4.64. The molecule has 3 unspecified atom stereocenters. The van der Waals surface area contributed by atoms with Crippen LogP contribution in [0.4, 0.5) is 0 Å². The van der Waals surface area contributed by atoms with Gasteiger partial charge in [-0.1, -0.05) is 20.8 Å². The fourth-order valence-electron chi connectivity index (χ4n) is 3.60. The van der Waals surface area contributed by atoms with E-state index in [9.17, 15) is 0 Å². The summed E-state index contributed by atoms with van der Waals surface area (Å²) >= 11 is 0. The van der Waals surface area contributed by atoms with Gasteiger partial charge in [0.1, 0.15) is 0 Å². The first kappa shape index (κ1) is 9.51. The largest absolute Gasteiger partial charge is 0.378 e. The minimum absolute atomic E-state index is 0.507. The van der Waals surface area contributed by atoms with E-state index in [1.54, 1.807) is 0 Å². The van der Waals surface area contributed by atoms with Crippen molar-refractivity contribution in [2.45, 2.75) is 53.1 Å². The second-order valence-corrected chi connectivity index (χ2v) is 5.63. The SMILES string of the molecule is CCOC1CC2(C)CCC1C2(C)C. The lowest BCUT2D eigenvalue weighted by Crippen LogP contribution is -2.27. The predicted octanol–water partition coefficient (Wildman–Crippen LogP) is 3.24. The summed E-state index contributed by atoms with van der Waals surface area (Å²) in [6.45, 7) is 10.3. The first-order chi connectivity index (χ1) is 6.01. The Bertz CT molecular complexity index is 206. The Morgan fingerprint density at radius 2 is 2.00 bits per heavy atom. The van der Waals surface area contributed by atoms with Crippen molar-refractivity contribution < 1.29 is 4.74 Å². The molecule has 0 saturated heterocycles. The molecule has 2 bridgehead atoms. The minimum Gasteiger partial charge on any atom is -0.378 e. The topological polar surface area (TPSA) is 9.23 Å². The van der Waals surface area contributed by atoms with E-state index in [2.05, 4.69) is 27.7 Å². The lowest BCUT2D eigenvalue weighted by atomic mass is 9.71. The number of rotatable bonds is 2. The second kappa shape index (κ2) is 2.73. The maximum absolute atomic E-state index is 5.84. The van der Waals surface area contributed by atoms with Crippen molar-refractivity contribution >= 4 is 0 Å². The Morgan fingerprint density at radius 1 is 1.31 bits per heavy atom. The smallest absolute Gasteiger partial charge is 0.0613 e. The molecular weight excluding hydrogens is 160 g/mol. The van der Waals surface area contributed by atoms with Crippen LogP contribution in [0.1, 0.15) is 47.0 Å². The van der Waals surface area contributed by atoms with E-state index >= 15 is 0 Å². The van der Waals surface area contributed by atoms with Gasteiger partial charge >= 0.3 is 0 Å². The molecule has 0 radical (unpaired) electrons. The number of ether oxygens (including phenoxy) is 1. The van der Waals surface area contributed by atoms with Gasteiger partial charge in [0.05, 0.1) is 6.10 Å². The molecule has 1 nitrogen and oxygen atoms in total. The zero-order valence-corrected chi connectivity index (χ0v) is 9.39. The summed E-state index contributed by atoms with van der Waals surface area (Å²) in [4.78, 5) is 0. The monoisotopic (exact) mass is 182 g/mol. The highest BCUT2D eigenvalue weighted by molar-refractivity contribution is 5.10. The molecule has 0 aromatic carbocycles. The molecule has 2 fully saturated rings. The van der Waals surface area contributed by atoms with Gasteiger partial charge in [0.2, 0.25) is 0 Å². The lowest BCUT2D eigenvalue weighted by molar-refractivity contribution is 0.0124. The van der Waals surface area contributed by atoms with Gasteiger partial charge in [0, 0.05) is 6.61 Å². The standard InChI is InChI=1S/C12H22O/c1-5-13-10-8-12(4)7-6-9(10)11(12,2)3/h9-10H,5-8H2,1-4H3. The van der Waals surface area contributed by atoms with Crippen molar-refractivity contribution in [3.63, 3.8) is 0 Å². The Hall–Kier alpha value is -0.0400. The highest BCUT2D eigenvalue weighted by Crippen LogP contribution is 2.66. The van der Waals surface area contributed by atoms with Crippen LogP contribution in [0.2, 0.25) is 0 Å². The van der Waals surface area contributed by atoms with E-state index < -0.39 is 0 Å². The quantitative estimate of drug-likeness (QED) is 0.637. The van der Waals surface area contributed by atoms with Crippen molar-refractivity contribution in [2.75, 3.05) is 6.61 Å². The highest BCUT2D eigenvalue weighted by Gasteiger charge is 2.60. The fraction of sp³-hybridized carbons (Fsp3) is 1.00. The second-order valence-electron chi connectivity index (χ2n) is 5.63. The minimum atomic E-state index is 0.507. The van der Waals surface area contributed by atoms with Gasteiger partial charge in [-0.2, -0.15) is 0 Å². The van der Waals surface area contributed by atoms with Crippen molar-refractivity contribution in [2.24, 2.45) is 16.7 Å². The van der Waals surface area contributed by atoms with E-state index in [-0.39, 0.29) is 0 Å². The Kier molecular flexibility index (Phi) is 1.99. The zero-order valence-electron chi connectivity index (χ0n) is 9.39. The molecule has 0 amide bonds. The maximum atomic E-state index is 5.84. The van der Waals surface area contributed by atoms with Crippen LogP contribution in [0.5, 0.6) is 0 Å². The predicted molar refractivity (Wildman–Crippen MR) is 54.6 cm³/mol. The molecule has 13 heavy (non-hydrogen) atoms. The molecule has 1 heteroatoms. The van der Waals surface area contributed by atoms with Crippen molar-refractivity contribution in [3.05, 3.63) is 0 Å². The average Bonchev–Trinajstić information content (AvgIpc) is 2.34. The van der Waals surface area contributed by atoms with E-state index in [0.29, 0.717) is 16.9 Å².